The number of likely N-dealkylation sites (tertiary alicyclic amines) is 1. The van der Waals surface area contributed by atoms with Crippen molar-refractivity contribution in [3.63, 3.8) is 0 Å². The Morgan fingerprint density at radius 2 is 1.94 bits per heavy atom. The number of thiophene rings is 1. The molecule has 0 radical (unpaired) electrons. The van der Waals surface area contributed by atoms with E-state index >= 15 is 0 Å². The summed E-state index contributed by atoms with van der Waals surface area (Å²) >= 11 is 1.07. The van der Waals surface area contributed by atoms with Crippen LogP contribution in [0.15, 0.2) is 36.7 Å². The first kappa shape index (κ1) is 21.4. The third kappa shape index (κ3) is 3.78. The predicted octanol–water partition coefficient (Wildman–Crippen LogP) is 4.30. The molecule has 2 saturated heterocycles. The fourth-order valence-electron chi connectivity index (χ4n) is 5.21. The van der Waals surface area contributed by atoms with Crippen LogP contribution in [0.5, 0.6) is 0 Å². The molecule has 7 nitrogen and oxygen atoms in total. The first-order valence-electron chi connectivity index (χ1n) is 10.8. The lowest BCUT2D eigenvalue weighted by Crippen LogP contribution is -2.72. The number of H-pyrrole nitrogens is 1. The molecule has 3 aromatic heterocycles. The Bertz CT molecular complexity index is 1420. The third-order valence-electron chi connectivity index (χ3n) is 6.53. The maximum Gasteiger partial charge on any atom is 0.393 e. The maximum absolute atomic E-state index is 12.8. The van der Waals surface area contributed by atoms with E-state index in [2.05, 4.69) is 24.8 Å². The second kappa shape index (κ2) is 7.41. The summed E-state index contributed by atoms with van der Waals surface area (Å²) in [6.07, 6.45) is -3.76. The molecule has 4 aromatic rings. The maximum atomic E-state index is 12.8. The number of nitrogens with zero attached hydrogens (tertiary/aromatic N) is 4. The van der Waals surface area contributed by atoms with Gasteiger partial charge >= 0.3 is 12.1 Å². The molecule has 11 heteroatoms. The normalized spacial score (nSPS) is 17.9. The Labute approximate surface area is 195 Å². The van der Waals surface area contributed by atoms with Gasteiger partial charge in [0.25, 0.3) is 0 Å². The number of carboxylic acid groups (broad SMARTS) is 1. The number of alkyl halides is 3. The van der Waals surface area contributed by atoms with Crippen molar-refractivity contribution in [1.29, 1.82) is 0 Å². The zero-order valence-electron chi connectivity index (χ0n) is 17.9. The van der Waals surface area contributed by atoms with Gasteiger partial charge in [-0.25, -0.2) is 14.8 Å². The number of nitrogens with one attached hydrogen (secondary N) is 1. The molecule has 2 aliphatic heterocycles. The number of benzene rings is 1. The average Bonchev–Trinajstić information content (AvgIpc) is 3.30. The topological polar surface area (TPSA) is 85.3 Å². The zero-order chi connectivity index (χ0) is 23.7. The Morgan fingerprint density at radius 3 is 2.68 bits per heavy atom. The van der Waals surface area contributed by atoms with Crippen molar-refractivity contribution in [2.75, 3.05) is 31.1 Å². The first-order valence-corrected chi connectivity index (χ1v) is 11.6. The Hall–Kier alpha value is -3.18. The lowest BCUT2D eigenvalue weighted by atomic mass is 9.72. The van der Waals surface area contributed by atoms with Crippen molar-refractivity contribution in [1.82, 2.24) is 19.9 Å². The highest BCUT2D eigenvalue weighted by Gasteiger charge is 2.52. The van der Waals surface area contributed by atoms with Crippen LogP contribution in [0.4, 0.5) is 19.0 Å². The molecule has 0 saturated carbocycles. The van der Waals surface area contributed by atoms with Gasteiger partial charge in [-0.15, -0.1) is 11.3 Å². The van der Waals surface area contributed by atoms with Gasteiger partial charge in [0.1, 0.15) is 22.7 Å². The lowest BCUT2D eigenvalue weighted by molar-refractivity contribution is -0.126. The second-order valence-corrected chi connectivity index (χ2v) is 10.4. The molecule has 2 fully saturated rings. The minimum absolute atomic E-state index is 0.177. The number of fused-ring (bicyclic) bond motifs is 2. The quantitative estimate of drug-likeness (QED) is 0.437. The molecule has 0 amide bonds. The Balaban J connectivity index is 1.10. The molecule has 0 atom stereocenters. The number of carbonyl (C=O) groups is 1. The van der Waals surface area contributed by atoms with Crippen LogP contribution in [0.2, 0.25) is 0 Å². The van der Waals surface area contributed by atoms with E-state index in [-0.39, 0.29) is 16.0 Å². The SMILES string of the molecule is O=C(O)c1cc2cc(CN3CC4(C3)CN(c3ncnc5sc(CC(F)(F)F)cc35)C4)ccc2[nH]1. The van der Waals surface area contributed by atoms with Crippen molar-refractivity contribution in [3.8, 4) is 0 Å². The molecule has 0 unspecified atom stereocenters. The van der Waals surface area contributed by atoms with Gasteiger partial charge in [0.2, 0.25) is 0 Å². The molecule has 176 valence electrons. The molecule has 6 rings (SSSR count). The smallest absolute Gasteiger partial charge is 0.393 e. The van der Waals surface area contributed by atoms with Crippen LogP contribution in [-0.2, 0) is 13.0 Å². The largest absolute Gasteiger partial charge is 0.477 e. The lowest BCUT2D eigenvalue weighted by Gasteiger charge is -2.60. The number of aromatic carboxylic acids is 1. The average molecular weight is 488 g/mol. The molecule has 2 aliphatic rings. The summed E-state index contributed by atoms with van der Waals surface area (Å²) in [6, 6.07) is 9.16. The Morgan fingerprint density at radius 1 is 1.15 bits per heavy atom. The fraction of sp³-hybridized carbons (Fsp3) is 0.348. The standard InChI is InChI=1S/C23H20F3N5O2S/c24-23(25,26)6-15-5-16-19(27-12-28-20(16)34-15)31-10-22(11-31)8-30(9-22)7-13-1-2-17-14(3-13)4-18(29-17)21(32)33/h1-5,12,29H,6-11H2,(H,32,33). The first-order chi connectivity index (χ1) is 16.2. The van der Waals surface area contributed by atoms with Gasteiger partial charge in [0, 0.05) is 53.9 Å². The highest BCUT2D eigenvalue weighted by atomic mass is 32.1. The summed E-state index contributed by atoms with van der Waals surface area (Å²) in [5.41, 5.74) is 2.29. The van der Waals surface area contributed by atoms with Gasteiger partial charge in [0.15, 0.2) is 0 Å². The number of halogens is 3. The van der Waals surface area contributed by atoms with Crippen molar-refractivity contribution < 1.29 is 23.1 Å². The minimum Gasteiger partial charge on any atom is -0.477 e. The van der Waals surface area contributed by atoms with Gasteiger partial charge in [0.05, 0.1) is 11.8 Å². The number of rotatable bonds is 5. The van der Waals surface area contributed by atoms with E-state index in [0.29, 0.717) is 16.0 Å². The van der Waals surface area contributed by atoms with Crippen molar-refractivity contribution in [2.45, 2.75) is 19.1 Å². The van der Waals surface area contributed by atoms with Crippen molar-refractivity contribution in [3.05, 3.63) is 52.8 Å². The van der Waals surface area contributed by atoms with E-state index in [1.54, 1.807) is 12.1 Å². The van der Waals surface area contributed by atoms with E-state index in [4.69, 9.17) is 5.11 Å². The summed E-state index contributed by atoms with van der Waals surface area (Å²) in [7, 11) is 0. The molecule has 2 N–H and O–H groups in total. The molecular weight excluding hydrogens is 467 g/mol. The Kier molecular flexibility index (Phi) is 4.65. The van der Waals surface area contributed by atoms with Crippen LogP contribution >= 0.6 is 11.3 Å². The summed E-state index contributed by atoms with van der Waals surface area (Å²) in [5, 5.41) is 10.7. The van der Waals surface area contributed by atoms with E-state index in [1.807, 2.05) is 18.2 Å². The second-order valence-electron chi connectivity index (χ2n) is 9.33. The summed E-state index contributed by atoms with van der Waals surface area (Å²) in [6.45, 7) is 4.30. The van der Waals surface area contributed by atoms with Crippen LogP contribution < -0.4 is 4.90 Å². The van der Waals surface area contributed by atoms with Gasteiger partial charge < -0.3 is 15.0 Å². The van der Waals surface area contributed by atoms with Crippen LogP contribution in [-0.4, -0.2) is 63.3 Å². The van der Waals surface area contributed by atoms with E-state index < -0.39 is 18.6 Å². The molecule has 0 bridgehead atoms. The van der Waals surface area contributed by atoms with E-state index in [0.717, 1.165) is 60.5 Å². The number of anilines is 1. The van der Waals surface area contributed by atoms with Crippen LogP contribution in [0.25, 0.3) is 21.1 Å². The molecule has 0 aliphatic carbocycles. The van der Waals surface area contributed by atoms with Gasteiger partial charge in [-0.3, -0.25) is 4.90 Å². The number of carboxylic acids is 1. The highest BCUT2D eigenvalue weighted by molar-refractivity contribution is 7.18. The number of aromatic amines is 1. The van der Waals surface area contributed by atoms with Crippen LogP contribution in [0.3, 0.4) is 0 Å². The number of aromatic nitrogens is 3. The monoisotopic (exact) mass is 487 g/mol. The fourth-order valence-corrected chi connectivity index (χ4v) is 6.23. The zero-order valence-corrected chi connectivity index (χ0v) is 18.7. The van der Waals surface area contributed by atoms with Gasteiger partial charge in [-0.05, 0) is 29.8 Å². The molecule has 1 spiro atoms. The summed E-state index contributed by atoms with van der Waals surface area (Å²) in [4.78, 5) is 27.9. The molecule has 5 heterocycles. The molecule has 1 aromatic carbocycles. The van der Waals surface area contributed by atoms with Gasteiger partial charge in [-0.2, -0.15) is 13.2 Å². The predicted molar refractivity (Wildman–Crippen MR) is 122 cm³/mol. The minimum atomic E-state index is -4.24. The van der Waals surface area contributed by atoms with Crippen molar-refractivity contribution in [2.24, 2.45) is 5.41 Å². The van der Waals surface area contributed by atoms with Crippen LogP contribution in [0, 0.1) is 5.41 Å². The summed E-state index contributed by atoms with van der Waals surface area (Å²) in [5.74, 6) is -0.261. The van der Waals surface area contributed by atoms with Crippen molar-refractivity contribution >= 4 is 44.2 Å². The number of hydrogen-bond donors (Lipinski definition) is 2. The molecule has 34 heavy (non-hydrogen) atoms. The number of hydrogen-bond acceptors (Lipinski definition) is 6. The third-order valence-corrected chi connectivity index (χ3v) is 7.57. The highest BCUT2D eigenvalue weighted by Crippen LogP contribution is 2.44. The molecular formula is C23H20F3N5O2S. The van der Waals surface area contributed by atoms with Gasteiger partial charge in [-0.1, -0.05) is 6.07 Å². The van der Waals surface area contributed by atoms with Crippen LogP contribution in [0.1, 0.15) is 20.9 Å². The van der Waals surface area contributed by atoms with E-state index in [9.17, 15) is 18.0 Å². The van der Waals surface area contributed by atoms with E-state index in [1.165, 1.54) is 6.33 Å². The summed E-state index contributed by atoms with van der Waals surface area (Å²) < 4.78 is 38.4.